The number of rotatable bonds is 8. The summed E-state index contributed by atoms with van der Waals surface area (Å²) in [5.41, 5.74) is 1.48. The van der Waals surface area contributed by atoms with Gasteiger partial charge < -0.3 is 9.84 Å². The van der Waals surface area contributed by atoms with Crippen LogP contribution in [0.25, 0.3) is 10.9 Å². The van der Waals surface area contributed by atoms with Crippen LogP contribution >= 0.6 is 23.2 Å². The highest BCUT2D eigenvalue weighted by molar-refractivity contribution is 7.90. The number of aromatic hydroxyl groups is 1. The number of nitrogens with zero attached hydrogens (tertiary/aromatic N) is 1. The zero-order chi connectivity index (χ0) is 22.1. The van der Waals surface area contributed by atoms with E-state index in [2.05, 4.69) is 13.8 Å². The molecule has 8 heteroatoms. The van der Waals surface area contributed by atoms with Gasteiger partial charge >= 0.3 is 0 Å². The van der Waals surface area contributed by atoms with E-state index in [-0.39, 0.29) is 14.9 Å². The normalized spacial score (nSPS) is 13.0. The number of halogens is 2. The molecule has 0 saturated carbocycles. The van der Waals surface area contributed by atoms with E-state index in [4.69, 9.17) is 27.9 Å². The van der Waals surface area contributed by atoms with Gasteiger partial charge in [0.05, 0.1) is 17.1 Å². The first kappa shape index (κ1) is 22.8. The minimum atomic E-state index is -4.15. The summed E-state index contributed by atoms with van der Waals surface area (Å²) < 4.78 is 33.7. The molecule has 1 aromatic heterocycles. The van der Waals surface area contributed by atoms with Crippen LogP contribution in [0, 0.1) is 5.92 Å². The highest BCUT2D eigenvalue weighted by Crippen LogP contribution is 2.38. The summed E-state index contributed by atoms with van der Waals surface area (Å²) in [4.78, 5) is -0.374. The molecule has 1 heterocycles. The van der Waals surface area contributed by atoms with Crippen molar-refractivity contribution in [2.75, 3.05) is 6.61 Å². The summed E-state index contributed by atoms with van der Waals surface area (Å²) in [6, 6.07) is 7.75. The Morgan fingerprint density at radius 1 is 1.17 bits per heavy atom. The Morgan fingerprint density at radius 3 is 2.53 bits per heavy atom. The SMILES string of the molecule is CCCC(C)Cc1c(OCC)ccc2c1ccn2S(=O)(=O)c1c(O)cc(Cl)cc1Cl. The molecule has 2 aromatic carbocycles. The van der Waals surface area contributed by atoms with Crippen LogP contribution in [0.1, 0.15) is 39.2 Å². The van der Waals surface area contributed by atoms with E-state index in [1.54, 1.807) is 18.2 Å². The molecule has 0 fully saturated rings. The Balaban J connectivity index is 2.20. The number of aromatic nitrogens is 1. The molecule has 1 unspecified atom stereocenters. The van der Waals surface area contributed by atoms with E-state index in [1.807, 2.05) is 6.92 Å². The first-order valence-corrected chi connectivity index (χ1v) is 12.1. The first-order chi connectivity index (χ1) is 14.2. The standard InChI is InChI=1S/C22H25Cl2NO4S/c1-4-6-14(3)11-17-16-9-10-25(19(16)7-8-21(17)29-5-2)30(27,28)22-18(24)12-15(23)13-20(22)26/h7-10,12-14,26H,4-6,11H2,1-3H3. The lowest BCUT2D eigenvalue weighted by Crippen LogP contribution is -2.13. The van der Waals surface area contributed by atoms with E-state index < -0.39 is 15.8 Å². The van der Waals surface area contributed by atoms with Gasteiger partial charge in [0.15, 0.2) is 0 Å². The van der Waals surface area contributed by atoms with Crippen molar-refractivity contribution < 1.29 is 18.3 Å². The van der Waals surface area contributed by atoms with E-state index in [9.17, 15) is 13.5 Å². The monoisotopic (exact) mass is 469 g/mol. The fourth-order valence-corrected chi connectivity index (χ4v) is 6.03. The summed E-state index contributed by atoms with van der Waals surface area (Å²) in [5.74, 6) is 0.696. The Kier molecular flexibility index (Phi) is 6.90. The second kappa shape index (κ2) is 9.08. The second-order valence-corrected chi connectivity index (χ2v) is 9.95. The van der Waals surface area contributed by atoms with Crippen LogP contribution in [-0.4, -0.2) is 24.1 Å². The molecule has 1 N–H and O–H groups in total. The van der Waals surface area contributed by atoms with Crippen molar-refractivity contribution in [1.29, 1.82) is 0 Å². The van der Waals surface area contributed by atoms with Gasteiger partial charge in [0.1, 0.15) is 16.4 Å². The maximum Gasteiger partial charge on any atom is 0.273 e. The average Bonchev–Trinajstić information content (AvgIpc) is 3.08. The molecule has 0 saturated heterocycles. The quantitative estimate of drug-likeness (QED) is 0.422. The number of phenols is 1. The van der Waals surface area contributed by atoms with E-state index in [0.717, 1.165) is 46.0 Å². The summed E-state index contributed by atoms with van der Waals surface area (Å²) in [7, 11) is -4.15. The van der Waals surface area contributed by atoms with Crippen LogP contribution in [-0.2, 0) is 16.4 Å². The third-order valence-electron chi connectivity index (χ3n) is 5.04. The number of hydrogen-bond donors (Lipinski definition) is 1. The molecular formula is C22H25Cl2NO4S. The van der Waals surface area contributed by atoms with E-state index in [0.29, 0.717) is 18.0 Å². The van der Waals surface area contributed by atoms with E-state index >= 15 is 0 Å². The predicted molar refractivity (Wildman–Crippen MR) is 122 cm³/mol. The smallest absolute Gasteiger partial charge is 0.273 e. The van der Waals surface area contributed by atoms with Gasteiger partial charge in [-0.25, -0.2) is 12.4 Å². The molecule has 0 bridgehead atoms. The molecule has 3 aromatic rings. The van der Waals surface area contributed by atoms with Gasteiger partial charge in [-0.15, -0.1) is 0 Å². The fraction of sp³-hybridized carbons (Fsp3) is 0.364. The predicted octanol–water partition coefficient (Wildman–Crippen LogP) is 6.27. The van der Waals surface area contributed by atoms with Gasteiger partial charge in [0, 0.05) is 28.2 Å². The minimum absolute atomic E-state index is 0.135. The zero-order valence-electron chi connectivity index (χ0n) is 17.2. The van der Waals surface area contributed by atoms with Crippen LogP contribution in [0.15, 0.2) is 41.4 Å². The van der Waals surface area contributed by atoms with Crippen molar-refractivity contribution in [2.24, 2.45) is 5.92 Å². The van der Waals surface area contributed by atoms with Crippen molar-refractivity contribution >= 4 is 44.1 Å². The van der Waals surface area contributed by atoms with Gasteiger partial charge in [-0.3, -0.25) is 0 Å². The average molecular weight is 470 g/mol. The molecule has 30 heavy (non-hydrogen) atoms. The van der Waals surface area contributed by atoms with Crippen molar-refractivity contribution in [3.05, 3.63) is 52.1 Å². The first-order valence-electron chi connectivity index (χ1n) is 9.90. The van der Waals surface area contributed by atoms with Gasteiger partial charge in [0.2, 0.25) is 0 Å². The van der Waals surface area contributed by atoms with Gasteiger partial charge in [-0.2, -0.15) is 0 Å². The maximum absolute atomic E-state index is 13.4. The van der Waals surface area contributed by atoms with Gasteiger partial charge in [-0.1, -0.05) is 49.9 Å². The molecule has 0 aliphatic heterocycles. The largest absolute Gasteiger partial charge is 0.506 e. The van der Waals surface area contributed by atoms with Gasteiger partial charge in [-0.05, 0) is 43.5 Å². The number of fused-ring (bicyclic) bond motifs is 1. The van der Waals surface area contributed by atoms with Crippen LogP contribution < -0.4 is 4.74 Å². The van der Waals surface area contributed by atoms with Crippen molar-refractivity contribution in [1.82, 2.24) is 3.97 Å². The summed E-state index contributed by atoms with van der Waals surface area (Å²) in [6.07, 6.45) is 4.39. The lowest BCUT2D eigenvalue weighted by atomic mass is 9.94. The molecule has 3 rings (SSSR count). The summed E-state index contributed by atoms with van der Waals surface area (Å²) in [6.45, 7) is 6.77. The van der Waals surface area contributed by atoms with E-state index in [1.165, 1.54) is 12.3 Å². The molecule has 0 radical (unpaired) electrons. The Labute approximate surface area is 187 Å². The van der Waals surface area contributed by atoms with Gasteiger partial charge in [0.25, 0.3) is 10.0 Å². The van der Waals surface area contributed by atoms with Crippen LogP contribution in [0.2, 0.25) is 10.0 Å². The minimum Gasteiger partial charge on any atom is -0.506 e. The number of ether oxygens (including phenoxy) is 1. The molecule has 5 nitrogen and oxygen atoms in total. The fourth-order valence-electron chi connectivity index (χ4n) is 3.79. The third-order valence-corrected chi connectivity index (χ3v) is 7.45. The number of phenolic OH excluding ortho intramolecular Hbond substituents is 1. The highest BCUT2D eigenvalue weighted by Gasteiger charge is 2.27. The summed E-state index contributed by atoms with van der Waals surface area (Å²) in [5, 5.41) is 11.1. The second-order valence-electron chi connectivity index (χ2n) is 7.36. The highest BCUT2D eigenvalue weighted by atomic mass is 35.5. The lowest BCUT2D eigenvalue weighted by molar-refractivity contribution is 0.334. The van der Waals surface area contributed by atoms with Crippen LogP contribution in [0.3, 0.4) is 0 Å². The lowest BCUT2D eigenvalue weighted by Gasteiger charge is -2.17. The molecule has 0 aliphatic carbocycles. The Morgan fingerprint density at radius 2 is 1.90 bits per heavy atom. The number of hydrogen-bond acceptors (Lipinski definition) is 4. The number of benzene rings is 2. The molecule has 0 amide bonds. The molecule has 0 spiro atoms. The Hall–Kier alpha value is -1.89. The molecule has 1 atom stereocenters. The van der Waals surface area contributed by atoms with Crippen molar-refractivity contribution in [2.45, 2.75) is 44.9 Å². The van der Waals surface area contributed by atoms with Crippen LogP contribution in [0.5, 0.6) is 11.5 Å². The zero-order valence-corrected chi connectivity index (χ0v) is 19.5. The summed E-state index contributed by atoms with van der Waals surface area (Å²) >= 11 is 12.0. The molecule has 0 aliphatic rings. The maximum atomic E-state index is 13.4. The Bertz CT molecular complexity index is 1150. The molecule has 162 valence electrons. The van der Waals surface area contributed by atoms with Crippen molar-refractivity contribution in [3.8, 4) is 11.5 Å². The molecular weight excluding hydrogens is 445 g/mol. The van der Waals surface area contributed by atoms with Crippen LogP contribution in [0.4, 0.5) is 0 Å². The third kappa shape index (κ3) is 4.27. The van der Waals surface area contributed by atoms with Crippen molar-refractivity contribution in [3.63, 3.8) is 0 Å². The topological polar surface area (TPSA) is 68.5 Å².